The van der Waals surface area contributed by atoms with Crippen molar-refractivity contribution in [1.82, 2.24) is 0 Å². The Balaban J connectivity index is 2.22. The van der Waals surface area contributed by atoms with Crippen LogP contribution in [-0.2, 0) is 0 Å². The third kappa shape index (κ3) is 3.08. The fourth-order valence-corrected chi connectivity index (χ4v) is 1.52. The van der Waals surface area contributed by atoms with E-state index in [1.54, 1.807) is 37.4 Å². The van der Waals surface area contributed by atoms with Gasteiger partial charge < -0.3 is 10.5 Å². The van der Waals surface area contributed by atoms with E-state index in [1.807, 2.05) is 0 Å². The fourth-order valence-electron chi connectivity index (χ4n) is 1.52. The van der Waals surface area contributed by atoms with E-state index in [-0.39, 0.29) is 11.4 Å². The molecule has 0 unspecified atom stereocenters. The summed E-state index contributed by atoms with van der Waals surface area (Å²) in [7, 11) is 1.57. The molecule has 0 saturated carbocycles. The molecule has 102 valence electrons. The molecule has 7 nitrogen and oxygen atoms in total. The van der Waals surface area contributed by atoms with Crippen LogP contribution >= 0.6 is 0 Å². The second-order valence-electron chi connectivity index (χ2n) is 3.90. The van der Waals surface area contributed by atoms with Gasteiger partial charge in [0.2, 0.25) is 0 Å². The number of benzene rings is 2. The number of nitro groups is 1. The number of methoxy groups -OCH3 is 1. The first-order chi connectivity index (χ1) is 9.60. The van der Waals surface area contributed by atoms with Crippen molar-refractivity contribution in [2.24, 2.45) is 10.2 Å². The molecule has 20 heavy (non-hydrogen) atoms. The minimum absolute atomic E-state index is 0.0957. The van der Waals surface area contributed by atoms with E-state index in [2.05, 4.69) is 10.2 Å². The molecule has 0 bridgehead atoms. The Kier molecular flexibility index (Phi) is 3.90. The van der Waals surface area contributed by atoms with Crippen LogP contribution in [0.15, 0.2) is 52.7 Å². The quantitative estimate of drug-likeness (QED) is 0.397. The number of hydrogen-bond acceptors (Lipinski definition) is 6. The van der Waals surface area contributed by atoms with Crippen LogP contribution in [0.5, 0.6) is 5.75 Å². The minimum Gasteiger partial charge on any atom is -0.497 e. The van der Waals surface area contributed by atoms with E-state index < -0.39 is 4.92 Å². The van der Waals surface area contributed by atoms with Gasteiger partial charge in [0.1, 0.15) is 11.4 Å². The standard InChI is InChI=1S/C13H12N4O3/c1-20-11-5-2-9(3-6-11)15-16-10-4-7-12(14)13(8-10)17(18)19/h2-8H,14H2,1H3. The van der Waals surface area contributed by atoms with Gasteiger partial charge in [-0.05, 0) is 36.4 Å². The molecule has 0 aromatic heterocycles. The van der Waals surface area contributed by atoms with Gasteiger partial charge in [0.05, 0.1) is 23.4 Å². The number of nitrogens with two attached hydrogens (primary N) is 1. The summed E-state index contributed by atoms with van der Waals surface area (Å²) in [6.07, 6.45) is 0. The van der Waals surface area contributed by atoms with Gasteiger partial charge in [-0.15, -0.1) is 0 Å². The number of azo groups is 1. The summed E-state index contributed by atoms with van der Waals surface area (Å²) in [5.74, 6) is 0.715. The first-order valence-electron chi connectivity index (χ1n) is 5.70. The second-order valence-corrected chi connectivity index (χ2v) is 3.90. The lowest BCUT2D eigenvalue weighted by molar-refractivity contribution is -0.383. The Morgan fingerprint density at radius 3 is 2.30 bits per heavy atom. The molecule has 0 aliphatic carbocycles. The van der Waals surface area contributed by atoms with Gasteiger partial charge in [0.25, 0.3) is 5.69 Å². The Morgan fingerprint density at radius 2 is 1.70 bits per heavy atom. The highest BCUT2D eigenvalue weighted by Crippen LogP contribution is 2.28. The highest BCUT2D eigenvalue weighted by atomic mass is 16.6. The Morgan fingerprint density at radius 1 is 1.10 bits per heavy atom. The van der Waals surface area contributed by atoms with E-state index in [4.69, 9.17) is 10.5 Å². The molecule has 0 atom stereocenters. The van der Waals surface area contributed by atoms with Gasteiger partial charge in [-0.25, -0.2) is 0 Å². The number of nitrogens with zero attached hydrogens (tertiary/aromatic N) is 3. The van der Waals surface area contributed by atoms with Crippen LogP contribution in [0.3, 0.4) is 0 Å². The molecule has 2 N–H and O–H groups in total. The maximum Gasteiger partial charge on any atom is 0.294 e. The monoisotopic (exact) mass is 272 g/mol. The molecule has 2 aromatic carbocycles. The second kappa shape index (κ2) is 5.79. The molecule has 0 fully saturated rings. The zero-order valence-electron chi connectivity index (χ0n) is 10.7. The topological polar surface area (TPSA) is 103 Å². The molecule has 0 heterocycles. The molecule has 7 heteroatoms. The van der Waals surface area contributed by atoms with Crippen molar-refractivity contribution in [2.75, 3.05) is 12.8 Å². The highest BCUT2D eigenvalue weighted by Gasteiger charge is 2.11. The third-order valence-electron chi connectivity index (χ3n) is 2.56. The smallest absolute Gasteiger partial charge is 0.294 e. The van der Waals surface area contributed by atoms with E-state index >= 15 is 0 Å². The predicted octanol–water partition coefficient (Wildman–Crippen LogP) is 3.60. The largest absolute Gasteiger partial charge is 0.497 e. The van der Waals surface area contributed by atoms with E-state index in [1.165, 1.54) is 12.1 Å². The molecule has 2 aromatic rings. The summed E-state index contributed by atoms with van der Waals surface area (Å²) in [5.41, 5.74) is 6.39. The summed E-state index contributed by atoms with van der Waals surface area (Å²) in [4.78, 5) is 10.2. The summed E-state index contributed by atoms with van der Waals surface area (Å²) in [6, 6.07) is 11.2. The van der Waals surface area contributed by atoms with Crippen molar-refractivity contribution in [3.8, 4) is 5.75 Å². The molecule has 0 aliphatic rings. The minimum atomic E-state index is -0.554. The van der Waals surface area contributed by atoms with Crippen LogP contribution in [0.2, 0.25) is 0 Å². The molecular weight excluding hydrogens is 260 g/mol. The van der Waals surface area contributed by atoms with Crippen LogP contribution in [0, 0.1) is 10.1 Å². The zero-order chi connectivity index (χ0) is 14.5. The first-order valence-corrected chi connectivity index (χ1v) is 5.70. The predicted molar refractivity (Wildman–Crippen MR) is 74.7 cm³/mol. The normalized spacial score (nSPS) is 10.7. The number of nitro benzene ring substituents is 1. The van der Waals surface area contributed by atoms with Gasteiger partial charge in [0.15, 0.2) is 0 Å². The number of hydrogen-bond donors (Lipinski definition) is 1. The van der Waals surface area contributed by atoms with E-state index in [0.717, 1.165) is 0 Å². The molecule has 0 aliphatic heterocycles. The van der Waals surface area contributed by atoms with Gasteiger partial charge in [-0.3, -0.25) is 10.1 Å². The molecule has 0 amide bonds. The maximum atomic E-state index is 10.8. The maximum absolute atomic E-state index is 10.8. The van der Waals surface area contributed by atoms with Crippen LogP contribution in [-0.4, -0.2) is 12.0 Å². The SMILES string of the molecule is COc1ccc(N=Nc2ccc(N)c([N+](=O)[O-])c2)cc1. The van der Waals surface area contributed by atoms with Crippen molar-refractivity contribution in [1.29, 1.82) is 0 Å². The lowest BCUT2D eigenvalue weighted by Crippen LogP contribution is -1.94. The number of nitrogen functional groups attached to an aromatic ring is 1. The summed E-state index contributed by atoms with van der Waals surface area (Å²) in [5, 5.41) is 18.7. The molecule has 0 saturated heterocycles. The fraction of sp³-hybridized carbons (Fsp3) is 0.0769. The van der Waals surface area contributed by atoms with Crippen LogP contribution < -0.4 is 10.5 Å². The molecule has 0 radical (unpaired) electrons. The van der Waals surface area contributed by atoms with Gasteiger partial charge in [-0.2, -0.15) is 10.2 Å². The van der Waals surface area contributed by atoms with Crippen molar-refractivity contribution >= 4 is 22.7 Å². The third-order valence-corrected chi connectivity index (χ3v) is 2.56. The van der Waals surface area contributed by atoms with Crippen LogP contribution in [0.4, 0.5) is 22.7 Å². The summed E-state index contributed by atoms with van der Waals surface area (Å²) < 4.78 is 5.03. The van der Waals surface area contributed by atoms with Gasteiger partial charge >= 0.3 is 0 Å². The lowest BCUT2D eigenvalue weighted by atomic mass is 10.2. The van der Waals surface area contributed by atoms with Crippen molar-refractivity contribution in [3.05, 3.63) is 52.6 Å². The average molecular weight is 272 g/mol. The van der Waals surface area contributed by atoms with Crippen molar-refractivity contribution < 1.29 is 9.66 Å². The summed E-state index contributed by atoms with van der Waals surface area (Å²) >= 11 is 0. The molecule has 0 spiro atoms. The highest BCUT2D eigenvalue weighted by molar-refractivity contribution is 5.63. The first kappa shape index (κ1) is 13.5. The zero-order valence-corrected chi connectivity index (χ0v) is 10.7. The van der Waals surface area contributed by atoms with E-state index in [9.17, 15) is 10.1 Å². The lowest BCUT2D eigenvalue weighted by Gasteiger charge is -1.99. The Hall–Kier alpha value is -2.96. The van der Waals surface area contributed by atoms with Gasteiger partial charge in [-0.1, -0.05) is 0 Å². The summed E-state index contributed by atoms with van der Waals surface area (Å²) in [6.45, 7) is 0. The average Bonchev–Trinajstić information content (AvgIpc) is 2.46. The molecule has 2 rings (SSSR count). The number of rotatable bonds is 4. The number of anilines is 1. The Bertz CT molecular complexity index is 653. The van der Waals surface area contributed by atoms with Gasteiger partial charge in [0, 0.05) is 6.07 Å². The van der Waals surface area contributed by atoms with Crippen LogP contribution in [0.1, 0.15) is 0 Å². The van der Waals surface area contributed by atoms with Crippen molar-refractivity contribution in [2.45, 2.75) is 0 Å². The van der Waals surface area contributed by atoms with Crippen molar-refractivity contribution in [3.63, 3.8) is 0 Å². The Labute approximate surface area is 114 Å². The van der Waals surface area contributed by atoms with Crippen LogP contribution in [0.25, 0.3) is 0 Å². The molecular formula is C13H12N4O3. The number of ether oxygens (including phenoxy) is 1. The van der Waals surface area contributed by atoms with E-state index in [0.29, 0.717) is 17.1 Å².